The summed E-state index contributed by atoms with van der Waals surface area (Å²) in [6.07, 6.45) is -4.37. The van der Waals surface area contributed by atoms with Crippen LogP contribution in [0.4, 0.5) is 13.2 Å². The van der Waals surface area contributed by atoms with Crippen LogP contribution in [0.2, 0.25) is 5.02 Å². The van der Waals surface area contributed by atoms with E-state index < -0.39 is 11.7 Å². The third kappa shape index (κ3) is 2.28. The molecule has 0 aliphatic rings. The maximum Gasteiger partial charge on any atom is 0.416 e. The van der Waals surface area contributed by atoms with E-state index >= 15 is 0 Å². The Hall–Kier alpha value is -0.900. The van der Waals surface area contributed by atoms with Gasteiger partial charge in [-0.15, -0.1) is 0 Å². The van der Waals surface area contributed by atoms with E-state index in [4.69, 9.17) is 16.3 Å². The number of rotatable bonds is 1. The number of ether oxygens (including phenoxy) is 1. The van der Waals surface area contributed by atoms with Gasteiger partial charge in [0.15, 0.2) is 0 Å². The fraction of sp³-hybridized carbons (Fsp3) is 0.250. The Bertz CT molecular complexity index is 309. The Balaban J connectivity index is 3.10. The normalized spacial score (nSPS) is 11.5. The van der Waals surface area contributed by atoms with Gasteiger partial charge in [-0.05, 0) is 18.2 Å². The lowest BCUT2D eigenvalue weighted by molar-refractivity contribution is -0.137. The topological polar surface area (TPSA) is 9.23 Å². The third-order valence-electron chi connectivity index (χ3n) is 1.48. The van der Waals surface area contributed by atoms with Gasteiger partial charge < -0.3 is 4.74 Å². The van der Waals surface area contributed by atoms with Crippen molar-refractivity contribution in [2.45, 2.75) is 6.18 Å². The summed E-state index contributed by atoms with van der Waals surface area (Å²) in [4.78, 5) is 0. The van der Waals surface area contributed by atoms with Crippen LogP contribution in [-0.2, 0) is 6.18 Å². The van der Waals surface area contributed by atoms with Crippen LogP contribution in [0.1, 0.15) is 5.56 Å². The van der Waals surface area contributed by atoms with E-state index in [-0.39, 0.29) is 10.8 Å². The van der Waals surface area contributed by atoms with Crippen molar-refractivity contribution < 1.29 is 17.9 Å². The van der Waals surface area contributed by atoms with Gasteiger partial charge in [0.05, 0.1) is 17.7 Å². The van der Waals surface area contributed by atoms with Gasteiger partial charge in [-0.1, -0.05) is 11.6 Å². The Kier molecular flexibility index (Phi) is 2.71. The highest BCUT2D eigenvalue weighted by Gasteiger charge is 2.30. The van der Waals surface area contributed by atoms with Gasteiger partial charge in [-0.25, -0.2) is 0 Å². The molecule has 0 unspecified atom stereocenters. The van der Waals surface area contributed by atoms with Crippen LogP contribution in [0.25, 0.3) is 0 Å². The highest BCUT2D eigenvalue weighted by molar-refractivity contribution is 6.32. The average molecular weight is 211 g/mol. The molecule has 13 heavy (non-hydrogen) atoms. The summed E-state index contributed by atoms with van der Waals surface area (Å²) in [5.74, 6) is 0.231. The van der Waals surface area contributed by atoms with Crippen molar-refractivity contribution in [3.8, 4) is 5.75 Å². The maximum absolute atomic E-state index is 12.1. The van der Waals surface area contributed by atoms with Crippen molar-refractivity contribution in [2.24, 2.45) is 0 Å². The van der Waals surface area contributed by atoms with Gasteiger partial charge >= 0.3 is 6.18 Å². The van der Waals surface area contributed by atoms with E-state index in [1.54, 1.807) is 0 Å². The molecule has 0 atom stereocenters. The van der Waals surface area contributed by atoms with E-state index in [9.17, 15) is 13.2 Å². The van der Waals surface area contributed by atoms with Crippen molar-refractivity contribution in [2.75, 3.05) is 7.11 Å². The molecule has 0 fully saturated rings. The van der Waals surface area contributed by atoms with Crippen LogP contribution in [0.5, 0.6) is 5.75 Å². The molecular formula is C8H6ClF3O. The van der Waals surface area contributed by atoms with Crippen molar-refractivity contribution >= 4 is 11.6 Å². The van der Waals surface area contributed by atoms with Crippen LogP contribution >= 0.6 is 11.6 Å². The molecule has 1 rings (SSSR count). The van der Waals surface area contributed by atoms with Gasteiger partial charge in [-0.3, -0.25) is 0 Å². The van der Waals surface area contributed by atoms with Crippen molar-refractivity contribution in [3.05, 3.63) is 28.8 Å². The minimum Gasteiger partial charge on any atom is -0.495 e. The summed E-state index contributed by atoms with van der Waals surface area (Å²) < 4.78 is 41.0. The summed E-state index contributed by atoms with van der Waals surface area (Å²) in [6.45, 7) is 0. The van der Waals surface area contributed by atoms with E-state index in [0.717, 1.165) is 12.1 Å². The first-order chi connectivity index (χ1) is 5.95. The zero-order chi connectivity index (χ0) is 10.1. The molecular weight excluding hydrogens is 205 g/mol. The Morgan fingerprint density at radius 1 is 1.31 bits per heavy atom. The second-order valence-corrected chi connectivity index (χ2v) is 2.75. The van der Waals surface area contributed by atoms with Crippen LogP contribution in [0.3, 0.4) is 0 Å². The maximum atomic E-state index is 12.1. The Labute approximate surface area is 78.1 Å². The molecule has 1 aromatic rings. The predicted octanol–water partition coefficient (Wildman–Crippen LogP) is 3.37. The minimum atomic E-state index is -4.37. The van der Waals surface area contributed by atoms with Gasteiger partial charge in [0.1, 0.15) is 5.75 Å². The van der Waals surface area contributed by atoms with E-state index in [1.165, 1.54) is 13.2 Å². The molecule has 1 nitrogen and oxygen atoms in total. The number of hydrogen-bond acceptors (Lipinski definition) is 1. The highest BCUT2D eigenvalue weighted by Crippen LogP contribution is 2.34. The van der Waals surface area contributed by atoms with Crippen molar-refractivity contribution in [3.63, 3.8) is 0 Å². The summed E-state index contributed by atoms with van der Waals surface area (Å²) in [5, 5.41) is -0.0441. The number of hydrogen-bond donors (Lipinski definition) is 0. The zero-order valence-corrected chi connectivity index (χ0v) is 7.41. The molecule has 0 saturated carbocycles. The van der Waals surface area contributed by atoms with Crippen LogP contribution in [0.15, 0.2) is 18.2 Å². The first-order valence-electron chi connectivity index (χ1n) is 3.36. The minimum absolute atomic E-state index is 0.0441. The molecule has 0 spiro atoms. The summed E-state index contributed by atoms with van der Waals surface area (Å²) >= 11 is 5.51. The monoisotopic (exact) mass is 210 g/mol. The molecule has 0 aliphatic carbocycles. The lowest BCUT2D eigenvalue weighted by Crippen LogP contribution is -2.04. The van der Waals surface area contributed by atoms with E-state index in [2.05, 4.69) is 0 Å². The second kappa shape index (κ2) is 3.46. The smallest absolute Gasteiger partial charge is 0.416 e. The highest BCUT2D eigenvalue weighted by atomic mass is 35.5. The summed E-state index contributed by atoms with van der Waals surface area (Å²) in [7, 11) is 1.34. The summed E-state index contributed by atoms with van der Waals surface area (Å²) in [6, 6.07) is 2.94. The van der Waals surface area contributed by atoms with Crippen LogP contribution in [0, 0.1) is 0 Å². The lowest BCUT2D eigenvalue weighted by atomic mass is 10.2. The summed E-state index contributed by atoms with van der Waals surface area (Å²) in [5.41, 5.74) is -0.779. The second-order valence-electron chi connectivity index (χ2n) is 2.35. The number of halogens is 4. The van der Waals surface area contributed by atoms with Gasteiger partial charge in [-0.2, -0.15) is 13.2 Å². The molecule has 0 N–H and O–H groups in total. The molecule has 0 bridgehead atoms. The van der Waals surface area contributed by atoms with Crippen molar-refractivity contribution in [1.29, 1.82) is 0 Å². The van der Waals surface area contributed by atoms with Crippen LogP contribution in [-0.4, -0.2) is 7.11 Å². The molecule has 72 valence electrons. The number of benzene rings is 1. The molecule has 0 saturated heterocycles. The number of alkyl halides is 3. The molecule has 0 amide bonds. The third-order valence-corrected chi connectivity index (χ3v) is 1.77. The van der Waals surface area contributed by atoms with E-state index in [0.29, 0.717) is 0 Å². The molecule has 0 radical (unpaired) electrons. The molecule has 0 aromatic heterocycles. The molecule has 0 aliphatic heterocycles. The standard InChI is InChI=1S/C8H6ClF3O/c1-13-7-3-2-5(4-6(7)9)8(10,11)12/h2-4H,1H3. The first kappa shape index (κ1) is 10.2. The first-order valence-corrected chi connectivity index (χ1v) is 3.73. The van der Waals surface area contributed by atoms with Crippen LogP contribution < -0.4 is 4.74 Å². The SMILES string of the molecule is COc1ccc(C(F)(F)F)cc1Cl. The van der Waals surface area contributed by atoms with E-state index in [1.807, 2.05) is 0 Å². The lowest BCUT2D eigenvalue weighted by Gasteiger charge is -2.08. The Morgan fingerprint density at radius 3 is 2.31 bits per heavy atom. The number of methoxy groups -OCH3 is 1. The molecule has 5 heteroatoms. The van der Waals surface area contributed by atoms with Gasteiger partial charge in [0.25, 0.3) is 0 Å². The molecule has 0 heterocycles. The fourth-order valence-corrected chi connectivity index (χ4v) is 1.10. The van der Waals surface area contributed by atoms with Gasteiger partial charge in [0, 0.05) is 0 Å². The molecule has 1 aromatic carbocycles. The van der Waals surface area contributed by atoms with Crippen molar-refractivity contribution in [1.82, 2.24) is 0 Å². The predicted molar refractivity (Wildman–Crippen MR) is 43.0 cm³/mol. The quantitative estimate of drug-likeness (QED) is 0.691. The largest absolute Gasteiger partial charge is 0.495 e. The zero-order valence-electron chi connectivity index (χ0n) is 6.65. The fourth-order valence-electron chi connectivity index (χ4n) is 0.843. The Morgan fingerprint density at radius 2 is 1.92 bits per heavy atom. The average Bonchev–Trinajstić information content (AvgIpc) is 2.02. The van der Waals surface area contributed by atoms with Gasteiger partial charge in [0.2, 0.25) is 0 Å².